The Kier molecular flexibility index (Phi) is 7.39. The van der Waals surface area contributed by atoms with E-state index in [2.05, 4.69) is 26.1 Å². The van der Waals surface area contributed by atoms with Crippen LogP contribution in [0, 0.1) is 6.92 Å². The maximum absolute atomic E-state index is 6.09. The first kappa shape index (κ1) is 17.3. The fourth-order valence-corrected chi connectivity index (χ4v) is 2.12. The van der Waals surface area contributed by atoms with Gasteiger partial charge >= 0.3 is 0 Å². The number of ether oxygens (including phenoxy) is 1. The van der Waals surface area contributed by atoms with E-state index >= 15 is 0 Å². The molecule has 1 rings (SSSR count). The Morgan fingerprint density at radius 2 is 1.80 bits per heavy atom. The number of rotatable bonds is 8. The summed E-state index contributed by atoms with van der Waals surface area (Å²) in [6, 6.07) is 5.89. The number of halogens is 1. The summed E-state index contributed by atoms with van der Waals surface area (Å²) >= 11 is 6.09. The van der Waals surface area contributed by atoms with Crippen molar-refractivity contribution in [2.24, 2.45) is 0 Å². The van der Waals surface area contributed by atoms with E-state index in [1.165, 1.54) is 24.8 Å². The van der Waals surface area contributed by atoms with Gasteiger partial charge in [0.25, 0.3) is 0 Å². The standard InChI is InChI=1S/C17H28ClNO/c1-14-9-10-15(18)16(13-14)20-12-8-6-5-7-11-19-17(2,3)4/h9-10,13,19H,5-8,11-12H2,1-4H3. The molecule has 1 aromatic carbocycles. The van der Waals surface area contributed by atoms with Crippen LogP contribution in [0.2, 0.25) is 5.02 Å². The highest BCUT2D eigenvalue weighted by molar-refractivity contribution is 6.32. The van der Waals surface area contributed by atoms with Gasteiger partial charge in [-0.25, -0.2) is 0 Å². The van der Waals surface area contributed by atoms with Gasteiger partial charge in [0.05, 0.1) is 11.6 Å². The van der Waals surface area contributed by atoms with E-state index in [0.29, 0.717) is 5.02 Å². The predicted molar refractivity (Wildman–Crippen MR) is 87.9 cm³/mol. The summed E-state index contributed by atoms with van der Waals surface area (Å²) in [5.74, 6) is 0.807. The number of benzene rings is 1. The van der Waals surface area contributed by atoms with Gasteiger partial charge in [0.1, 0.15) is 5.75 Å². The van der Waals surface area contributed by atoms with Gasteiger partial charge in [0, 0.05) is 5.54 Å². The van der Waals surface area contributed by atoms with Crippen LogP contribution in [0.5, 0.6) is 5.75 Å². The molecule has 0 aliphatic carbocycles. The molecular formula is C17H28ClNO. The van der Waals surface area contributed by atoms with E-state index < -0.39 is 0 Å². The van der Waals surface area contributed by atoms with Gasteiger partial charge in [-0.3, -0.25) is 0 Å². The average molecular weight is 298 g/mol. The second-order valence-electron chi connectivity index (χ2n) is 6.37. The van der Waals surface area contributed by atoms with Gasteiger partial charge in [0.2, 0.25) is 0 Å². The minimum Gasteiger partial charge on any atom is -0.492 e. The summed E-state index contributed by atoms with van der Waals surface area (Å²) in [7, 11) is 0. The van der Waals surface area contributed by atoms with Crippen LogP contribution in [0.15, 0.2) is 18.2 Å². The van der Waals surface area contributed by atoms with Crippen LogP contribution >= 0.6 is 11.6 Å². The van der Waals surface area contributed by atoms with Crippen molar-refractivity contribution < 1.29 is 4.74 Å². The van der Waals surface area contributed by atoms with E-state index in [1.54, 1.807) is 0 Å². The molecule has 0 saturated heterocycles. The van der Waals surface area contributed by atoms with Crippen LogP contribution < -0.4 is 10.1 Å². The van der Waals surface area contributed by atoms with Crippen molar-refractivity contribution >= 4 is 11.6 Å². The highest BCUT2D eigenvalue weighted by atomic mass is 35.5. The summed E-state index contributed by atoms with van der Waals surface area (Å²) in [5, 5.41) is 4.20. The normalized spacial score (nSPS) is 11.7. The monoisotopic (exact) mass is 297 g/mol. The quantitative estimate of drug-likeness (QED) is 0.684. The first-order valence-corrected chi connectivity index (χ1v) is 7.90. The number of hydrogen-bond donors (Lipinski definition) is 1. The average Bonchev–Trinajstić information content (AvgIpc) is 2.35. The van der Waals surface area contributed by atoms with E-state index in [-0.39, 0.29) is 5.54 Å². The zero-order chi connectivity index (χ0) is 15.0. The Bertz CT molecular complexity index is 398. The highest BCUT2D eigenvalue weighted by Crippen LogP contribution is 2.25. The van der Waals surface area contributed by atoms with Crippen molar-refractivity contribution in [3.05, 3.63) is 28.8 Å². The Balaban J connectivity index is 2.06. The minimum atomic E-state index is 0.227. The lowest BCUT2D eigenvalue weighted by Crippen LogP contribution is -2.36. The van der Waals surface area contributed by atoms with Crippen molar-refractivity contribution in [2.75, 3.05) is 13.2 Å². The lowest BCUT2D eigenvalue weighted by atomic mass is 10.1. The maximum atomic E-state index is 6.09. The van der Waals surface area contributed by atoms with E-state index in [4.69, 9.17) is 16.3 Å². The topological polar surface area (TPSA) is 21.3 Å². The van der Waals surface area contributed by atoms with Crippen LogP contribution in [0.25, 0.3) is 0 Å². The fourth-order valence-electron chi connectivity index (χ4n) is 1.95. The molecule has 0 radical (unpaired) electrons. The third-order valence-electron chi connectivity index (χ3n) is 3.07. The first-order valence-electron chi connectivity index (χ1n) is 7.52. The van der Waals surface area contributed by atoms with Gasteiger partial charge in [-0.05, 0) is 64.8 Å². The molecule has 0 fully saturated rings. The Labute approximate surface area is 128 Å². The van der Waals surface area contributed by atoms with Gasteiger partial charge < -0.3 is 10.1 Å². The summed E-state index contributed by atoms with van der Waals surface area (Å²) in [4.78, 5) is 0. The molecule has 0 aromatic heterocycles. The van der Waals surface area contributed by atoms with Crippen molar-refractivity contribution in [3.8, 4) is 5.75 Å². The van der Waals surface area contributed by atoms with Crippen LogP contribution in [0.4, 0.5) is 0 Å². The van der Waals surface area contributed by atoms with Crippen LogP contribution in [0.1, 0.15) is 52.0 Å². The van der Waals surface area contributed by atoms with Gasteiger partial charge in [0.15, 0.2) is 0 Å². The Morgan fingerprint density at radius 1 is 1.10 bits per heavy atom. The Hall–Kier alpha value is -0.730. The lowest BCUT2D eigenvalue weighted by molar-refractivity contribution is 0.303. The summed E-state index contributed by atoms with van der Waals surface area (Å²) < 4.78 is 5.73. The minimum absolute atomic E-state index is 0.227. The molecule has 0 saturated carbocycles. The molecule has 0 bridgehead atoms. The first-order chi connectivity index (χ1) is 9.38. The number of unbranched alkanes of at least 4 members (excludes halogenated alkanes) is 3. The zero-order valence-electron chi connectivity index (χ0n) is 13.3. The highest BCUT2D eigenvalue weighted by Gasteiger charge is 2.06. The number of hydrogen-bond acceptors (Lipinski definition) is 2. The molecular weight excluding hydrogens is 270 g/mol. The Morgan fingerprint density at radius 3 is 2.50 bits per heavy atom. The molecule has 0 amide bonds. The van der Waals surface area contributed by atoms with Gasteiger partial charge in [-0.2, -0.15) is 0 Å². The van der Waals surface area contributed by atoms with Crippen molar-refractivity contribution in [1.82, 2.24) is 5.32 Å². The third-order valence-corrected chi connectivity index (χ3v) is 3.38. The molecule has 0 atom stereocenters. The van der Waals surface area contributed by atoms with E-state index in [0.717, 1.165) is 25.3 Å². The molecule has 0 spiro atoms. The van der Waals surface area contributed by atoms with Crippen LogP contribution in [-0.2, 0) is 0 Å². The fraction of sp³-hybridized carbons (Fsp3) is 0.647. The van der Waals surface area contributed by atoms with Crippen molar-refractivity contribution in [2.45, 2.75) is 58.9 Å². The summed E-state index contributed by atoms with van der Waals surface area (Å²) in [6.07, 6.45) is 4.76. The SMILES string of the molecule is Cc1ccc(Cl)c(OCCCCCCNC(C)(C)C)c1. The molecule has 0 aliphatic heterocycles. The third kappa shape index (κ3) is 7.76. The molecule has 1 aromatic rings. The lowest BCUT2D eigenvalue weighted by Gasteiger charge is -2.20. The second kappa shape index (κ2) is 8.53. The molecule has 20 heavy (non-hydrogen) atoms. The maximum Gasteiger partial charge on any atom is 0.138 e. The molecule has 1 N–H and O–H groups in total. The van der Waals surface area contributed by atoms with Gasteiger partial charge in [-0.1, -0.05) is 30.5 Å². The van der Waals surface area contributed by atoms with Crippen LogP contribution in [0.3, 0.4) is 0 Å². The molecule has 114 valence electrons. The largest absolute Gasteiger partial charge is 0.492 e. The summed E-state index contributed by atoms with van der Waals surface area (Å²) in [5.41, 5.74) is 1.41. The number of aryl methyl sites for hydroxylation is 1. The molecule has 2 nitrogen and oxygen atoms in total. The number of nitrogens with one attached hydrogen (secondary N) is 1. The molecule has 3 heteroatoms. The van der Waals surface area contributed by atoms with Gasteiger partial charge in [-0.15, -0.1) is 0 Å². The van der Waals surface area contributed by atoms with E-state index in [9.17, 15) is 0 Å². The molecule has 0 unspecified atom stereocenters. The molecule has 0 heterocycles. The van der Waals surface area contributed by atoms with Crippen molar-refractivity contribution in [1.29, 1.82) is 0 Å². The van der Waals surface area contributed by atoms with Crippen molar-refractivity contribution in [3.63, 3.8) is 0 Å². The predicted octanol–water partition coefficient (Wildman–Crippen LogP) is 4.98. The van der Waals surface area contributed by atoms with Crippen LogP contribution in [-0.4, -0.2) is 18.7 Å². The zero-order valence-corrected chi connectivity index (χ0v) is 14.0. The second-order valence-corrected chi connectivity index (χ2v) is 6.78. The van der Waals surface area contributed by atoms with E-state index in [1.807, 2.05) is 25.1 Å². The smallest absolute Gasteiger partial charge is 0.138 e. The summed E-state index contributed by atoms with van der Waals surface area (Å²) in [6.45, 7) is 10.5. The molecule has 0 aliphatic rings.